The lowest BCUT2D eigenvalue weighted by atomic mass is 10.2. The SMILES string of the molecule is Cc1cc(C=NNC(=O)CCC(=O)NN=Cc2cc(C)n(-c3ccc(Br)cc3)c2C)c(C)n1-c1ccc(Br)cc1. The van der Waals surface area contributed by atoms with Gasteiger partial charge in [0, 0.05) is 67.1 Å². The third-order valence-electron chi connectivity index (χ3n) is 6.48. The Hall–Kier alpha value is -3.76. The molecule has 2 heterocycles. The smallest absolute Gasteiger partial charge is 0.240 e. The zero-order valence-electron chi connectivity index (χ0n) is 22.7. The molecule has 2 aromatic heterocycles. The van der Waals surface area contributed by atoms with Gasteiger partial charge >= 0.3 is 0 Å². The molecule has 0 aliphatic heterocycles. The molecule has 0 aliphatic carbocycles. The van der Waals surface area contributed by atoms with Crippen molar-refractivity contribution in [2.24, 2.45) is 10.2 Å². The third kappa shape index (κ3) is 7.05. The highest BCUT2D eigenvalue weighted by molar-refractivity contribution is 9.10. The Morgan fingerprint density at radius 3 is 1.38 bits per heavy atom. The topological polar surface area (TPSA) is 92.8 Å². The number of nitrogens with one attached hydrogen (secondary N) is 2. The molecule has 0 bridgehead atoms. The monoisotopic (exact) mass is 664 g/mol. The van der Waals surface area contributed by atoms with Crippen LogP contribution in [-0.2, 0) is 9.59 Å². The van der Waals surface area contributed by atoms with E-state index < -0.39 is 0 Å². The highest BCUT2D eigenvalue weighted by Gasteiger charge is 2.11. The number of hydrazone groups is 2. The zero-order chi connectivity index (χ0) is 28.8. The van der Waals surface area contributed by atoms with E-state index in [2.05, 4.69) is 62.0 Å². The number of aromatic nitrogens is 2. The van der Waals surface area contributed by atoms with Crippen molar-refractivity contribution in [1.29, 1.82) is 0 Å². The van der Waals surface area contributed by atoms with Gasteiger partial charge in [0.05, 0.1) is 12.4 Å². The van der Waals surface area contributed by atoms with Gasteiger partial charge in [-0.1, -0.05) is 31.9 Å². The Morgan fingerprint density at radius 2 is 1.02 bits per heavy atom. The normalized spacial score (nSPS) is 11.4. The molecule has 2 amide bonds. The molecule has 0 fully saturated rings. The maximum Gasteiger partial charge on any atom is 0.240 e. The Kier molecular flexibility index (Phi) is 9.54. The van der Waals surface area contributed by atoms with Gasteiger partial charge < -0.3 is 9.13 Å². The van der Waals surface area contributed by atoms with Crippen molar-refractivity contribution in [3.8, 4) is 11.4 Å². The van der Waals surface area contributed by atoms with E-state index in [1.165, 1.54) is 0 Å². The van der Waals surface area contributed by atoms with E-state index in [4.69, 9.17) is 0 Å². The highest BCUT2D eigenvalue weighted by Crippen LogP contribution is 2.22. The van der Waals surface area contributed by atoms with Crippen molar-refractivity contribution in [3.63, 3.8) is 0 Å². The first-order chi connectivity index (χ1) is 19.1. The summed E-state index contributed by atoms with van der Waals surface area (Å²) in [6, 6.07) is 20.1. The number of halogens is 2. The zero-order valence-corrected chi connectivity index (χ0v) is 25.9. The van der Waals surface area contributed by atoms with Crippen LogP contribution in [0.3, 0.4) is 0 Å². The fraction of sp³-hybridized carbons (Fsp3) is 0.200. The molecule has 0 radical (unpaired) electrons. The van der Waals surface area contributed by atoms with E-state index in [0.717, 1.165) is 54.2 Å². The van der Waals surface area contributed by atoms with E-state index in [1.807, 2.05) is 88.4 Å². The van der Waals surface area contributed by atoms with Crippen molar-refractivity contribution in [1.82, 2.24) is 20.0 Å². The summed E-state index contributed by atoms with van der Waals surface area (Å²) in [4.78, 5) is 24.5. The fourth-order valence-corrected chi connectivity index (χ4v) is 5.03. The van der Waals surface area contributed by atoms with Gasteiger partial charge in [-0.15, -0.1) is 0 Å². The minimum Gasteiger partial charge on any atom is -0.318 e. The van der Waals surface area contributed by atoms with Gasteiger partial charge in [0.2, 0.25) is 11.8 Å². The summed E-state index contributed by atoms with van der Waals surface area (Å²) in [6.45, 7) is 8.04. The maximum atomic E-state index is 12.2. The van der Waals surface area contributed by atoms with Gasteiger partial charge in [0.15, 0.2) is 0 Å². The van der Waals surface area contributed by atoms with Crippen molar-refractivity contribution >= 4 is 56.1 Å². The number of benzene rings is 2. The Balaban J connectivity index is 1.26. The van der Waals surface area contributed by atoms with E-state index in [9.17, 15) is 9.59 Å². The molecule has 0 unspecified atom stereocenters. The lowest BCUT2D eigenvalue weighted by Crippen LogP contribution is -2.22. The average molecular weight is 666 g/mol. The minimum absolute atomic E-state index is 0.00527. The number of rotatable bonds is 9. The van der Waals surface area contributed by atoms with Crippen LogP contribution in [-0.4, -0.2) is 33.4 Å². The summed E-state index contributed by atoms with van der Waals surface area (Å²) in [6.07, 6.45) is 3.22. The molecule has 4 rings (SSSR count). The van der Waals surface area contributed by atoms with Crippen LogP contribution in [0.15, 0.2) is 79.8 Å². The van der Waals surface area contributed by atoms with Crippen molar-refractivity contribution < 1.29 is 9.59 Å². The van der Waals surface area contributed by atoms with Crippen LogP contribution >= 0.6 is 31.9 Å². The van der Waals surface area contributed by atoms with Crippen LogP contribution in [0.1, 0.15) is 46.7 Å². The van der Waals surface area contributed by atoms with Gasteiger partial charge in [-0.2, -0.15) is 10.2 Å². The quantitative estimate of drug-likeness (QED) is 0.160. The number of nitrogens with zero attached hydrogens (tertiary/aromatic N) is 4. The van der Waals surface area contributed by atoms with Gasteiger partial charge in [-0.25, -0.2) is 10.9 Å². The molecule has 2 aromatic carbocycles. The summed E-state index contributed by atoms with van der Waals surface area (Å²) < 4.78 is 6.28. The van der Waals surface area contributed by atoms with Crippen LogP contribution in [0.25, 0.3) is 11.4 Å². The van der Waals surface area contributed by atoms with Gasteiger partial charge in [0.1, 0.15) is 0 Å². The fourth-order valence-electron chi connectivity index (χ4n) is 4.50. The third-order valence-corrected chi connectivity index (χ3v) is 7.53. The van der Waals surface area contributed by atoms with Gasteiger partial charge in [0.25, 0.3) is 0 Å². The van der Waals surface area contributed by atoms with Crippen molar-refractivity contribution in [2.75, 3.05) is 0 Å². The van der Waals surface area contributed by atoms with E-state index in [0.29, 0.717) is 0 Å². The van der Waals surface area contributed by atoms with E-state index in [-0.39, 0.29) is 24.7 Å². The Bertz CT molecular complexity index is 1460. The van der Waals surface area contributed by atoms with Crippen LogP contribution in [0.4, 0.5) is 0 Å². The highest BCUT2D eigenvalue weighted by atomic mass is 79.9. The summed E-state index contributed by atoms with van der Waals surface area (Å²) >= 11 is 6.92. The van der Waals surface area contributed by atoms with Gasteiger partial charge in [-0.3, -0.25) is 9.59 Å². The first kappa shape index (κ1) is 29.2. The first-order valence-electron chi connectivity index (χ1n) is 12.7. The summed E-state index contributed by atoms with van der Waals surface area (Å²) in [7, 11) is 0. The second kappa shape index (κ2) is 13.1. The van der Waals surface area contributed by atoms with Crippen LogP contribution in [0.2, 0.25) is 0 Å². The summed E-state index contributed by atoms with van der Waals surface area (Å²) in [5.74, 6) is -0.703. The van der Waals surface area contributed by atoms with Crippen molar-refractivity contribution in [3.05, 3.63) is 104 Å². The summed E-state index contributed by atoms with van der Waals surface area (Å²) in [5, 5.41) is 8.17. The molecule has 4 aromatic rings. The number of amides is 2. The van der Waals surface area contributed by atoms with Crippen molar-refractivity contribution in [2.45, 2.75) is 40.5 Å². The molecule has 2 N–H and O–H groups in total. The second-order valence-electron chi connectivity index (χ2n) is 9.36. The average Bonchev–Trinajstić information content (AvgIpc) is 3.37. The van der Waals surface area contributed by atoms with E-state index in [1.54, 1.807) is 12.4 Å². The van der Waals surface area contributed by atoms with Gasteiger partial charge in [-0.05, 0) is 88.4 Å². The Morgan fingerprint density at radius 1 is 0.675 bits per heavy atom. The largest absolute Gasteiger partial charge is 0.318 e. The van der Waals surface area contributed by atoms with E-state index >= 15 is 0 Å². The van der Waals surface area contributed by atoms with Crippen LogP contribution in [0, 0.1) is 27.7 Å². The number of carbonyl (C=O) groups excluding carboxylic acids is 2. The molecular formula is C30H30Br2N6O2. The maximum absolute atomic E-state index is 12.2. The molecular weight excluding hydrogens is 636 g/mol. The predicted molar refractivity (Wildman–Crippen MR) is 167 cm³/mol. The molecule has 8 nitrogen and oxygen atoms in total. The molecule has 0 saturated carbocycles. The number of aryl methyl sites for hydroxylation is 2. The molecule has 206 valence electrons. The molecule has 0 atom stereocenters. The number of hydrogen-bond acceptors (Lipinski definition) is 4. The second-order valence-corrected chi connectivity index (χ2v) is 11.2. The molecule has 40 heavy (non-hydrogen) atoms. The first-order valence-corrected chi connectivity index (χ1v) is 14.3. The predicted octanol–water partition coefficient (Wildman–Crippen LogP) is 6.41. The minimum atomic E-state index is -0.352. The lowest BCUT2D eigenvalue weighted by molar-refractivity contribution is -0.126. The Labute approximate surface area is 250 Å². The number of hydrogen-bond donors (Lipinski definition) is 2. The van der Waals surface area contributed by atoms with Crippen LogP contribution < -0.4 is 10.9 Å². The molecule has 10 heteroatoms. The lowest BCUT2D eigenvalue weighted by Gasteiger charge is -2.09. The number of carbonyl (C=O) groups is 2. The molecule has 0 spiro atoms. The molecule has 0 aliphatic rings. The summed E-state index contributed by atoms with van der Waals surface area (Å²) in [5.41, 5.74) is 13.0. The standard InChI is InChI=1S/C30H30Br2N6O2/c1-19-15-23(21(3)37(19)27-9-5-25(31)6-10-27)17-33-35-29(39)13-14-30(40)36-34-18-24-16-20(2)38(22(24)4)28-11-7-26(32)8-12-28/h5-12,15-18H,13-14H2,1-4H3,(H,35,39)(H,36,40). The molecule has 0 saturated heterocycles. The van der Waals surface area contributed by atoms with Crippen LogP contribution in [0.5, 0.6) is 0 Å².